The number of hydrogen-bond acceptors (Lipinski definition) is 2. The zero-order valence-corrected chi connectivity index (χ0v) is 11.0. The average Bonchev–Trinajstić information content (AvgIpc) is 2.38. The number of ether oxygens (including phenoxy) is 1. The Kier molecular flexibility index (Phi) is 3.68. The van der Waals surface area contributed by atoms with Gasteiger partial charge in [-0.1, -0.05) is 35.9 Å². The second-order valence-corrected chi connectivity index (χ2v) is 4.42. The molecule has 0 atom stereocenters. The number of methoxy groups -OCH3 is 1. The molecule has 0 heterocycles. The van der Waals surface area contributed by atoms with Gasteiger partial charge < -0.3 is 4.74 Å². The normalized spacial score (nSPS) is 10.2. The molecule has 0 saturated heterocycles. The summed E-state index contributed by atoms with van der Waals surface area (Å²) < 4.78 is 5.22. The molecule has 2 aromatic carbocycles. The van der Waals surface area contributed by atoms with E-state index in [0.717, 1.165) is 23.0 Å². The van der Waals surface area contributed by atoms with Gasteiger partial charge in [0.2, 0.25) is 0 Å². The van der Waals surface area contributed by atoms with Crippen LogP contribution in [0.1, 0.15) is 15.9 Å². The Morgan fingerprint density at radius 3 is 2.56 bits per heavy atom. The fourth-order valence-corrected chi connectivity index (χ4v) is 2.35. The lowest BCUT2D eigenvalue weighted by Crippen LogP contribution is -1.92. The van der Waals surface area contributed by atoms with Gasteiger partial charge in [-0.3, -0.25) is 4.79 Å². The Bertz CT molecular complexity index is 568. The van der Waals surface area contributed by atoms with Gasteiger partial charge in [0.1, 0.15) is 5.75 Å². The molecular formula is C15H13ClO2. The van der Waals surface area contributed by atoms with Gasteiger partial charge in [-0.05, 0) is 35.7 Å². The van der Waals surface area contributed by atoms with Crippen molar-refractivity contribution in [1.29, 1.82) is 0 Å². The van der Waals surface area contributed by atoms with E-state index in [4.69, 9.17) is 16.3 Å². The number of aldehydes is 1. The summed E-state index contributed by atoms with van der Waals surface area (Å²) >= 11 is 6.17. The van der Waals surface area contributed by atoms with Crippen LogP contribution in [0.3, 0.4) is 0 Å². The minimum Gasteiger partial charge on any atom is -0.495 e. The first-order valence-corrected chi connectivity index (χ1v) is 5.94. The fraction of sp³-hybridized carbons (Fsp3) is 0.133. The summed E-state index contributed by atoms with van der Waals surface area (Å²) in [6.45, 7) is 1.93. The molecule has 0 aliphatic carbocycles. The molecule has 3 heteroatoms. The molecule has 0 aliphatic heterocycles. The average molecular weight is 261 g/mol. The molecule has 2 nitrogen and oxygen atoms in total. The summed E-state index contributed by atoms with van der Waals surface area (Å²) in [6, 6.07) is 11.2. The number of aryl methyl sites for hydroxylation is 1. The van der Waals surface area contributed by atoms with E-state index in [1.165, 1.54) is 0 Å². The molecule has 0 fully saturated rings. The molecular weight excluding hydrogens is 248 g/mol. The molecule has 0 aliphatic rings. The lowest BCUT2D eigenvalue weighted by Gasteiger charge is -2.11. The molecule has 0 N–H and O–H groups in total. The number of benzene rings is 2. The van der Waals surface area contributed by atoms with Crippen LogP contribution in [0.2, 0.25) is 5.02 Å². The van der Waals surface area contributed by atoms with Crippen LogP contribution >= 0.6 is 11.6 Å². The third kappa shape index (κ3) is 2.24. The van der Waals surface area contributed by atoms with E-state index >= 15 is 0 Å². The van der Waals surface area contributed by atoms with E-state index in [9.17, 15) is 4.79 Å². The minimum atomic E-state index is 0.549. The monoisotopic (exact) mass is 260 g/mol. The summed E-state index contributed by atoms with van der Waals surface area (Å²) in [5, 5.41) is 0.549. The second-order valence-electron chi connectivity index (χ2n) is 4.01. The van der Waals surface area contributed by atoms with Crippen molar-refractivity contribution in [3.05, 3.63) is 52.5 Å². The SMILES string of the molecule is COc1c(C)cc(-c2ccccc2C=O)cc1Cl. The quantitative estimate of drug-likeness (QED) is 0.776. The molecule has 0 saturated carbocycles. The predicted octanol–water partition coefficient (Wildman–Crippen LogP) is 4.14. The first kappa shape index (κ1) is 12.7. The summed E-state index contributed by atoms with van der Waals surface area (Å²) in [6.07, 6.45) is 0.850. The molecule has 0 bridgehead atoms. The van der Waals surface area contributed by atoms with Crippen molar-refractivity contribution in [1.82, 2.24) is 0 Å². The van der Waals surface area contributed by atoms with Gasteiger partial charge in [0.15, 0.2) is 6.29 Å². The number of hydrogen-bond donors (Lipinski definition) is 0. The van der Waals surface area contributed by atoms with Crippen molar-refractivity contribution in [2.24, 2.45) is 0 Å². The van der Waals surface area contributed by atoms with Crippen LogP contribution in [0.15, 0.2) is 36.4 Å². The Morgan fingerprint density at radius 1 is 1.22 bits per heavy atom. The number of halogens is 1. The van der Waals surface area contributed by atoms with Crippen molar-refractivity contribution in [3.63, 3.8) is 0 Å². The molecule has 18 heavy (non-hydrogen) atoms. The Hall–Kier alpha value is -1.80. The molecule has 2 rings (SSSR count). The first-order chi connectivity index (χ1) is 8.67. The Labute approximate surface area is 111 Å². The number of carbonyl (C=O) groups excluding carboxylic acids is 1. The topological polar surface area (TPSA) is 26.3 Å². The largest absolute Gasteiger partial charge is 0.495 e. The van der Waals surface area contributed by atoms with E-state index in [1.807, 2.05) is 37.3 Å². The van der Waals surface area contributed by atoms with Crippen LogP contribution in [-0.4, -0.2) is 13.4 Å². The minimum absolute atomic E-state index is 0.549. The van der Waals surface area contributed by atoms with Gasteiger partial charge in [0.05, 0.1) is 12.1 Å². The molecule has 0 aromatic heterocycles. The van der Waals surface area contributed by atoms with Crippen LogP contribution in [0, 0.1) is 6.92 Å². The molecule has 0 radical (unpaired) electrons. The van der Waals surface area contributed by atoms with Gasteiger partial charge >= 0.3 is 0 Å². The molecule has 0 unspecified atom stereocenters. The van der Waals surface area contributed by atoms with E-state index in [-0.39, 0.29) is 0 Å². The number of carbonyl (C=O) groups is 1. The first-order valence-electron chi connectivity index (χ1n) is 5.56. The predicted molar refractivity (Wildman–Crippen MR) is 73.6 cm³/mol. The van der Waals surface area contributed by atoms with E-state index in [1.54, 1.807) is 13.2 Å². The van der Waals surface area contributed by atoms with Crippen molar-refractivity contribution < 1.29 is 9.53 Å². The van der Waals surface area contributed by atoms with Crippen LogP contribution < -0.4 is 4.74 Å². The van der Waals surface area contributed by atoms with Crippen molar-refractivity contribution >= 4 is 17.9 Å². The standard InChI is InChI=1S/C15H13ClO2/c1-10-7-12(8-14(16)15(10)18-2)13-6-4-3-5-11(13)9-17/h3-9H,1-2H3. The highest BCUT2D eigenvalue weighted by Crippen LogP contribution is 2.34. The van der Waals surface area contributed by atoms with Crippen LogP contribution in [-0.2, 0) is 0 Å². The fourth-order valence-electron chi connectivity index (χ4n) is 2.01. The summed E-state index contributed by atoms with van der Waals surface area (Å²) in [4.78, 5) is 11.0. The third-order valence-corrected chi connectivity index (χ3v) is 3.11. The van der Waals surface area contributed by atoms with E-state index in [2.05, 4.69) is 0 Å². The highest BCUT2D eigenvalue weighted by molar-refractivity contribution is 6.32. The highest BCUT2D eigenvalue weighted by atomic mass is 35.5. The Morgan fingerprint density at radius 2 is 1.94 bits per heavy atom. The van der Waals surface area contributed by atoms with Gasteiger partial charge in [-0.25, -0.2) is 0 Å². The Balaban J connectivity index is 2.62. The highest BCUT2D eigenvalue weighted by Gasteiger charge is 2.10. The zero-order chi connectivity index (χ0) is 13.1. The van der Waals surface area contributed by atoms with Crippen molar-refractivity contribution in [2.45, 2.75) is 6.92 Å². The second kappa shape index (κ2) is 5.23. The third-order valence-electron chi connectivity index (χ3n) is 2.83. The maximum Gasteiger partial charge on any atom is 0.150 e. The van der Waals surface area contributed by atoms with E-state index < -0.39 is 0 Å². The van der Waals surface area contributed by atoms with Gasteiger partial charge in [0.25, 0.3) is 0 Å². The maximum atomic E-state index is 11.0. The van der Waals surface area contributed by atoms with Gasteiger partial charge in [-0.15, -0.1) is 0 Å². The number of rotatable bonds is 3. The van der Waals surface area contributed by atoms with Crippen LogP contribution in [0.25, 0.3) is 11.1 Å². The zero-order valence-electron chi connectivity index (χ0n) is 10.2. The van der Waals surface area contributed by atoms with Crippen LogP contribution in [0.4, 0.5) is 0 Å². The summed E-state index contributed by atoms with van der Waals surface area (Å²) in [5.74, 6) is 0.670. The summed E-state index contributed by atoms with van der Waals surface area (Å²) in [7, 11) is 1.59. The van der Waals surface area contributed by atoms with Crippen LogP contribution in [0.5, 0.6) is 5.75 Å². The molecule has 92 valence electrons. The smallest absolute Gasteiger partial charge is 0.150 e. The molecule has 0 spiro atoms. The van der Waals surface area contributed by atoms with Gasteiger partial charge in [0, 0.05) is 5.56 Å². The lowest BCUT2D eigenvalue weighted by molar-refractivity contribution is 0.112. The summed E-state index contributed by atoms with van der Waals surface area (Å²) in [5.41, 5.74) is 3.39. The van der Waals surface area contributed by atoms with Crippen molar-refractivity contribution in [2.75, 3.05) is 7.11 Å². The van der Waals surface area contributed by atoms with Gasteiger partial charge in [-0.2, -0.15) is 0 Å². The lowest BCUT2D eigenvalue weighted by atomic mass is 9.98. The van der Waals surface area contributed by atoms with E-state index in [0.29, 0.717) is 16.3 Å². The molecule has 2 aromatic rings. The maximum absolute atomic E-state index is 11.0. The van der Waals surface area contributed by atoms with Crippen molar-refractivity contribution in [3.8, 4) is 16.9 Å². The molecule has 0 amide bonds.